The second-order valence-corrected chi connectivity index (χ2v) is 3.14. The molecule has 1 aromatic rings. The Balaban J connectivity index is 2.58. The number of nitrogens with zero attached hydrogens (tertiary/aromatic N) is 1. The molecular weight excluding hydrogens is 178 g/mol. The maximum atomic E-state index is 10.2. The van der Waals surface area contributed by atoms with Gasteiger partial charge in [0.15, 0.2) is 0 Å². The number of rotatable bonds is 3. The van der Waals surface area contributed by atoms with Gasteiger partial charge in [-0.15, -0.1) is 0 Å². The highest BCUT2D eigenvalue weighted by Crippen LogP contribution is 2.20. The quantitative estimate of drug-likeness (QED) is 0.532. The molecule has 1 unspecified atom stereocenters. The first-order chi connectivity index (χ1) is 5.70. The van der Waals surface area contributed by atoms with Gasteiger partial charge in [-0.3, -0.25) is 4.98 Å². The molecule has 0 radical (unpaired) electrons. The summed E-state index contributed by atoms with van der Waals surface area (Å²) in [4.78, 5) is 14.7. The van der Waals surface area contributed by atoms with Gasteiger partial charge in [0.1, 0.15) is 0 Å². The summed E-state index contributed by atoms with van der Waals surface area (Å²) in [5, 5.41) is 17.3. The van der Waals surface area contributed by atoms with Crippen LogP contribution in [-0.2, 0) is 4.79 Å². The van der Waals surface area contributed by atoms with Crippen LogP contribution >= 0.6 is 11.8 Å². The molecule has 0 saturated heterocycles. The molecular formula is C7H7NO3S. The van der Waals surface area contributed by atoms with Crippen LogP contribution in [0.1, 0.15) is 0 Å². The van der Waals surface area contributed by atoms with Crippen molar-refractivity contribution < 1.29 is 15.0 Å². The fourth-order valence-corrected chi connectivity index (χ4v) is 1.23. The monoisotopic (exact) mass is 185 g/mol. The zero-order chi connectivity index (χ0) is 8.97. The Morgan fingerprint density at radius 1 is 1.50 bits per heavy atom. The van der Waals surface area contributed by atoms with Crippen molar-refractivity contribution in [1.29, 1.82) is 0 Å². The van der Waals surface area contributed by atoms with E-state index in [-0.39, 0.29) is 0 Å². The zero-order valence-corrected chi connectivity index (χ0v) is 6.86. The minimum atomic E-state index is -1.41. The molecule has 1 rings (SSSR count). The topological polar surface area (TPSA) is 70.4 Å². The van der Waals surface area contributed by atoms with Crippen molar-refractivity contribution in [1.82, 2.24) is 4.98 Å². The predicted octanol–water partition coefficient (Wildman–Crippen LogP) is 0.577. The highest BCUT2D eigenvalue weighted by atomic mass is 32.2. The van der Waals surface area contributed by atoms with Crippen LogP contribution in [0.25, 0.3) is 0 Å². The molecule has 1 aromatic heterocycles. The van der Waals surface area contributed by atoms with E-state index >= 15 is 0 Å². The molecule has 1 atom stereocenters. The number of hydrogen-bond acceptors (Lipinski definition) is 4. The Hall–Kier alpha value is -1.07. The Labute approximate surface area is 73.3 Å². The van der Waals surface area contributed by atoms with E-state index in [2.05, 4.69) is 4.98 Å². The Bertz CT molecular complexity index is 265. The van der Waals surface area contributed by atoms with Crippen LogP contribution in [0.15, 0.2) is 29.4 Å². The number of carboxylic acid groups (broad SMARTS) is 1. The Kier molecular flexibility index (Phi) is 3.07. The summed E-state index contributed by atoms with van der Waals surface area (Å²) >= 11 is 0.868. The first-order valence-corrected chi connectivity index (χ1v) is 4.05. The normalized spacial score (nSPS) is 12.4. The SMILES string of the molecule is O=C(O)C(O)Sc1ccncc1. The third kappa shape index (κ3) is 2.52. The minimum Gasteiger partial charge on any atom is -0.479 e. The lowest BCUT2D eigenvalue weighted by Gasteiger charge is -2.03. The van der Waals surface area contributed by atoms with E-state index in [1.165, 1.54) is 12.4 Å². The summed E-state index contributed by atoms with van der Waals surface area (Å²) in [5.74, 6) is -1.24. The number of pyridine rings is 1. The van der Waals surface area contributed by atoms with Crippen LogP contribution in [0.3, 0.4) is 0 Å². The summed E-state index contributed by atoms with van der Waals surface area (Å²) in [6.45, 7) is 0. The van der Waals surface area contributed by atoms with E-state index in [9.17, 15) is 4.79 Å². The number of aliphatic hydroxyl groups excluding tert-OH is 1. The number of aliphatic carboxylic acids is 1. The minimum absolute atomic E-state index is 0.680. The number of aromatic nitrogens is 1. The fourth-order valence-electron chi connectivity index (χ4n) is 0.596. The van der Waals surface area contributed by atoms with E-state index in [0.29, 0.717) is 4.90 Å². The molecule has 1 heterocycles. The van der Waals surface area contributed by atoms with E-state index in [1.807, 2.05) is 0 Å². The number of thioether (sulfide) groups is 1. The van der Waals surface area contributed by atoms with Crippen LogP contribution in [0.2, 0.25) is 0 Å². The average molecular weight is 185 g/mol. The average Bonchev–Trinajstić information content (AvgIpc) is 2.06. The second-order valence-electron chi connectivity index (χ2n) is 1.99. The van der Waals surface area contributed by atoms with Crippen molar-refractivity contribution in [3.63, 3.8) is 0 Å². The van der Waals surface area contributed by atoms with E-state index in [4.69, 9.17) is 10.2 Å². The summed E-state index contributed by atoms with van der Waals surface area (Å²) in [6.07, 6.45) is 3.08. The standard InChI is InChI=1S/C7H7NO3S/c9-6(10)7(11)12-5-1-3-8-4-2-5/h1-4,7,11H,(H,9,10). The van der Waals surface area contributed by atoms with Gasteiger partial charge in [0.2, 0.25) is 5.44 Å². The van der Waals surface area contributed by atoms with Crippen molar-refractivity contribution >= 4 is 17.7 Å². The van der Waals surface area contributed by atoms with Crippen LogP contribution in [0, 0.1) is 0 Å². The molecule has 4 nitrogen and oxygen atoms in total. The summed E-state index contributed by atoms with van der Waals surface area (Å²) < 4.78 is 0. The van der Waals surface area contributed by atoms with Crippen LogP contribution in [0.4, 0.5) is 0 Å². The third-order valence-corrected chi connectivity index (χ3v) is 2.08. The van der Waals surface area contributed by atoms with Crippen LogP contribution < -0.4 is 0 Å². The van der Waals surface area contributed by atoms with Crippen molar-refractivity contribution in [3.8, 4) is 0 Å². The molecule has 0 fully saturated rings. The second kappa shape index (κ2) is 4.08. The molecule has 12 heavy (non-hydrogen) atoms. The molecule has 0 saturated carbocycles. The van der Waals surface area contributed by atoms with Gasteiger partial charge in [0.05, 0.1) is 0 Å². The van der Waals surface area contributed by atoms with Crippen molar-refractivity contribution in [3.05, 3.63) is 24.5 Å². The maximum Gasteiger partial charge on any atom is 0.343 e. The predicted molar refractivity (Wildman–Crippen MR) is 43.7 cm³/mol. The molecule has 0 amide bonds. The van der Waals surface area contributed by atoms with Gasteiger partial charge >= 0.3 is 5.97 Å². The van der Waals surface area contributed by atoms with Gasteiger partial charge in [0.25, 0.3) is 0 Å². The number of hydrogen-bond donors (Lipinski definition) is 2. The molecule has 0 aromatic carbocycles. The molecule has 0 aliphatic heterocycles. The van der Waals surface area contributed by atoms with Gasteiger partial charge < -0.3 is 10.2 Å². The zero-order valence-electron chi connectivity index (χ0n) is 6.04. The Morgan fingerprint density at radius 3 is 2.58 bits per heavy atom. The maximum absolute atomic E-state index is 10.2. The van der Waals surface area contributed by atoms with Crippen molar-refractivity contribution in [2.45, 2.75) is 10.3 Å². The number of carbonyl (C=O) groups is 1. The highest BCUT2D eigenvalue weighted by Gasteiger charge is 2.13. The third-order valence-electron chi connectivity index (χ3n) is 1.11. The highest BCUT2D eigenvalue weighted by molar-refractivity contribution is 8.00. The first-order valence-electron chi connectivity index (χ1n) is 3.17. The van der Waals surface area contributed by atoms with Crippen molar-refractivity contribution in [2.24, 2.45) is 0 Å². The molecule has 64 valence electrons. The Morgan fingerprint density at radius 2 is 2.08 bits per heavy atom. The van der Waals surface area contributed by atoms with Crippen molar-refractivity contribution in [2.75, 3.05) is 0 Å². The summed E-state index contributed by atoms with van der Waals surface area (Å²) in [5.41, 5.74) is -1.41. The molecule has 0 spiro atoms. The van der Waals surface area contributed by atoms with E-state index < -0.39 is 11.4 Å². The first kappa shape index (κ1) is 9.02. The fraction of sp³-hybridized carbons (Fsp3) is 0.143. The molecule has 2 N–H and O–H groups in total. The summed E-state index contributed by atoms with van der Waals surface area (Å²) in [7, 11) is 0. The van der Waals surface area contributed by atoms with Gasteiger partial charge in [0, 0.05) is 17.3 Å². The van der Waals surface area contributed by atoms with Gasteiger partial charge in [-0.05, 0) is 12.1 Å². The van der Waals surface area contributed by atoms with Gasteiger partial charge in [-0.2, -0.15) is 0 Å². The number of aliphatic hydroxyl groups is 1. The molecule has 0 aliphatic rings. The smallest absolute Gasteiger partial charge is 0.343 e. The number of carboxylic acids is 1. The summed E-state index contributed by atoms with van der Waals surface area (Å²) in [6, 6.07) is 3.27. The van der Waals surface area contributed by atoms with E-state index in [1.54, 1.807) is 12.1 Å². The van der Waals surface area contributed by atoms with Gasteiger partial charge in [-0.1, -0.05) is 11.8 Å². The lowest BCUT2D eigenvalue weighted by atomic mass is 10.5. The van der Waals surface area contributed by atoms with Crippen LogP contribution in [0.5, 0.6) is 0 Å². The van der Waals surface area contributed by atoms with E-state index in [0.717, 1.165) is 11.8 Å². The largest absolute Gasteiger partial charge is 0.479 e. The molecule has 5 heteroatoms. The lowest BCUT2D eigenvalue weighted by molar-refractivity contribution is -0.141. The van der Waals surface area contributed by atoms with Crippen LogP contribution in [-0.4, -0.2) is 26.6 Å². The lowest BCUT2D eigenvalue weighted by Crippen LogP contribution is -2.14. The molecule has 0 aliphatic carbocycles. The van der Waals surface area contributed by atoms with Gasteiger partial charge in [-0.25, -0.2) is 4.79 Å². The molecule has 0 bridgehead atoms.